The van der Waals surface area contributed by atoms with Crippen LogP contribution in [0.4, 0.5) is 10.2 Å². The Morgan fingerprint density at radius 1 is 1.32 bits per heavy atom. The van der Waals surface area contributed by atoms with Crippen molar-refractivity contribution in [2.45, 2.75) is 20.1 Å². The first-order valence-electron chi connectivity index (χ1n) is 7.41. The summed E-state index contributed by atoms with van der Waals surface area (Å²) >= 11 is 0. The third-order valence-electron chi connectivity index (χ3n) is 3.37. The lowest BCUT2D eigenvalue weighted by Gasteiger charge is -2.04. The van der Waals surface area contributed by atoms with E-state index in [4.69, 9.17) is 10.5 Å². The van der Waals surface area contributed by atoms with Crippen LogP contribution < -0.4 is 5.73 Å². The lowest BCUT2D eigenvalue weighted by Crippen LogP contribution is -2.07. The molecule has 1 aromatic carbocycles. The molecule has 2 N–H and O–H groups in total. The first kappa shape index (κ1) is 16.5. The van der Waals surface area contributed by atoms with Gasteiger partial charge in [-0.05, 0) is 31.2 Å². The molecule has 25 heavy (non-hydrogen) atoms. The minimum absolute atomic E-state index is 0.0455. The summed E-state index contributed by atoms with van der Waals surface area (Å²) in [5, 5.41) is 7.89. The molecule has 0 spiro atoms. The van der Waals surface area contributed by atoms with E-state index in [1.807, 2.05) is 0 Å². The third-order valence-corrected chi connectivity index (χ3v) is 3.37. The van der Waals surface area contributed by atoms with Crippen molar-refractivity contribution in [3.8, 4) is 0 Å². The maximum atomic E-state index is 12.8. The molecule has 0 radical (unpaired) electrons. The predicted molar refractivity (Wildman–Crippen MR) is 85.8 cm³/mol. The van der Waals surface area contributed by atoms with Crippen LogP contribution in [-0.4, -0.2) is 30.9 Å². The van der Waals surface area contributed by atoms with Crippen LogP contribution >= 0.6 is 0 Å². The van der Waals surface area contributed by atoms with Gasteiger partial charge in [-0.25, -0.2) is 23.8 Å². The third kappa shape index (κ3) is 4.14. The molecule has 0 amide bonds. The van der Waals surface area contributed by atoms with E-state index < -0.39 is 11.8 Å². The number of anilines is 1. The number of nitrogens with zero attached hydrogens (tertiary/aromatic N) is 5. The van der Waals surface area contributed by atoms with Crippen molar-refractivity contribution in [1.29, 1.82) is 0 Å². The van der Waals surface area contributed by atoms with Crippen LogP contribution in [0.5, 0.6) is 0 Å². The number of benzene rings is 1. The highest BCUT2D eigenvalue weighted by Crippen LogP contribution is 2.10. The Hall–Kier alpha value is -3.36. The van der Waals surface area contributed by atoms with Crippen molar-refractivity contribution < 1.29 is 13.9 Å². The standard InChI is InChI=1S/C16H15FN6O2/c1-10-19-6-12(15(18)20-10)7-23-8-14(21-22-23)9-25-16(24)11-2-4-13(17)5-3-11/h2-6,8H,7,9H2,1H3,(H2,18,19,20). The number of esters is 1. The topological polar surface area (TPSA) is 109 Å². The number of hydrogen-bond donors (Lipinski definition) is 1. The highest BCUT2D eigenvalue weighted by atomic mass is 19.1. The second-order valence-electron chi connectivity index (χ2n) is 5.32. The number of ether oxygens (including phenoxy) is 1. The van der Waals surface area contributed by atoms with Gasteiger partial charge in [0, 0.05) is 11.8 Å². The lowest BCUT2D eigenvalue weighted by molar-refractivity contribution is 0.0467. The van der Waals surface area contributed by atoms with E-state index in [0.29, 0.717) is 29.4 Å². The number of nitrogen functional groups attached to an aromatic ring is 1. The Balaban J connectivity index is 1.60. The van der Waals surface area contributed by atoms with Crippen molar-refractivity contribution in [3.63, 3.8) is 0 Å². The fourth-order valence-corrected chi connectivity index (χ4v) is 2.10. The monoisotopic (exact) mass is 342 g/mol. The van der Waals surface area contributed by atoms with Gasteiger partial charge in [0.1, 0.15) is 29.8 Å². The molecule has 0 atom stereocenters. The van der Waals surface area contributed by atoms with Gasteiger partial charge in [-0.2, -0.15) is 0 Å². The number of carbonyl (C=O) groups excluding carboxylic acids is 1. The quantitative estimate of drug-likeness (QED) is 0.700. The normalized spacial score (nSPS) is 10.6. The Kier molecular flexibility index (Phi) is 4.64. The highest BCUT2D eigenvalue weighted by Gasteiger charge is 2.10. The molecule has 0 fully saturated rings. The Morgan fingerprint density at radius 2 is 2.08 bits per heavy atom. The molecule has 0 aliphatic rings. The zero-order valence-electron chi connectivity index (χ0n) is 13.4. The summed E-state index contributed by atoms with van der Waals surface area (Å²) in [7, 11) is 0. The van der Waals surface area contributed by atoms with Crippen LogP contribution in [0.1, 0.15) is 27.4 Å². The fourth-order valence-electron chi connectivity index (χ4n) is 2.10. The van der Waals surface area contributed by atoms with Gasteiger partial charge >= 0.3 is 5.97 Å². The first-order chi connectivity index (χ1) is 12.0. The Morgan fingerprint density at radius 3 is 2.80 bits per heavy atom. The van der Waals surface area contributed by atoms with Crippen molar-refractivity contribution in [1.82, 2.24) is 25.0 Å². The van der Waals surface area contributed by atoms with Crippen molar-refractivity contribution in [2.24, 2.45) is 0 Å². The van der Waals surface area contributed by atoms with Gasteiger partial charge in [0.05, 0.1) is 18.3 Å². The van der Waals surface area contributed by atoms with Crippen LogP contribution in [-0.2, 0) is 17.9 Å². The van der Waals surface area contributed by atoms with E-state index in [1.165, 1.54) is 24.3 Å². The SMILES string of the molecule is Cc1ncc(Cn2cc(COC(=O)c3ccc(F)cc3)nn2)c(N)n1. The largest absolute Gasteiger partial charge is 0.455 e. The van der Waals surface area contributed by atoms with E-state index in [2.05, 4.69) is 20.3 Å². The van der Waals surface area contributed by atoms with Gasteiger partial charge < -0.3 is 10.5 Å². The van der Waals surface area contributed by atoms with E-state index >= 15 is 0 Å². The molecule has 3 rings (SSSR count). The summed E-state index contributed by atoms with van der Waals surface area (Å²) in [6.07, 6.45) is 3.27. The van der Waals surface area contributed by atoms with E-state index in [1.54, 1.807) is 24.0 Å². The molecular formula is C16H15FN6O2. The summed E-state index contributed by atoms with van der Waals surface area (Å²) in [5.74, 6) is -0.00916. The van der Waals surface area contributed by atoms with Crippen LogP contribution in [0.3, 0.4) is 0 Å². The molecule has 0 aliphatic carbocycles. The molecule has 0 aliphatic heterocycles. The van der Waals surface area contributed by atoms with Crippen LogP contribution in [0.2, 0.25) is 0 Å². The number of halogens is 1. The zero-order chi connectivity index (χ0) is 17.8. The van der Waals surface area contributed by atoms with Gasteiger partial charge in [0.2, 0.25) is 0 Å². The zero-order valence-corrected chi connectivity index (χ0v) is 13.4. The van der Waals surface area contributed by atoms with E-state index in [-0.39, 0.29) is 12.2 Å². The second kappa shape index (κ2) is 7.04. The number of rotatable bonds is 5. The van der Waals surface area contributed by atoms with Gasteiger partial charge in [0.25, 0.3) is 0 Å². The van der Waals surface area contributed by atoms with Gasteiger partial charge in [0.15, 0.2) is 0 Å². The number of carbonyl (C=O) groups is 1. The summed E-state index contributed by atoms with van der Waals surface area (Å²) in [5.41, 5.74) is 7.29. The van der Waals surface area contributed by atoms with Gasteiger partial charge in [-0.3, -0.25) is 0 Å². The highest BCUT2D eigenvalue weighted by molar-refractivity contribution is 5.89. The fraction of sp³-hybridized carbons (Fsp3) is 0.188. The van der Waals surface area contributed by atoms with Crippen molar-refractivity contribution >= 4 is 11.8 Å². The first-order valence-corrected chi connectivity index (χ1v) is 7.41. The molecule has 0 bridgehead atoms. The summed E-state index contributed by atoms with van der Waals surface area (Å²) in [4.78, 5) is 20.0. The summed E-state index contributed by atoms with van der Waals surface area (Å²) < 4.78 is 19.5. The van der Waals surface area contributed by atoms with Crippen LogP contribution in [0, 0.1) is 12.7 Å². The Bertz CT molecular complexity index is 894. The Labute approximate surface area is 142 Å². The van der Waals surface area contributed by atoms with Crippen LogP contribution in [0.15, 0.2) is 36.7 Å². The number of hydrogen-bond acceptors (Lipinski definition) is 7. The molecule has 0 unspecified atom stereocenters. The average molecular weight is 342 g/mol. The lowest BCUT2D eigenvalue weighted by atomic mass is 10.2. The van der Waals surface area contributed by atoms with E-state index in [0.717, 1.165) is 0 Å². The summed E-state index contributed by atoms with van der Waals surface area (Å²) in [6, 6.07) is 5.10. The van der Waals surface area contributed by atoms with Crippen molar-refractivity contribution in [3.05, 3.63) is 65.1 Å². The number of nitrogens with two attached hydrogens (primary N) is 1. The smallest absolute Gasteiger partial charge is 0.338 e. The minimum Gasteiger partial charge on any atom is -0.455 e. The maximum Gasteiger partial charge on any atom is 0.338 e. The molecule has 2 aromatic heterocycles. The molecule has 3 aromatic rings. The maximum absolute atomic E-state index is 12.8. The minimum atomic E-state index is -0.564. The van der Waals surface area contributed by atoms with Gasteiger partial charge in [-0.15, -0.1) is 5.10 Å². The molecule has 0 saturated heterocycles. The second-order valence-corrected chi connectivity index (χ2v) is 5.32. The summed E-state index contributed by atoms with van der Waals surface area (Å²) in [6.45, 7) is 2.06. The number of aromatic nitrogens is 5. The van der Waals surface area contributed by atoms with Gasteiger partial charge in [-0.1, -0.05) is 5.21 Å². The van der Waals surface area contributed by atoms with Crippen LogP contribution in [0.25, 0.3) is 0 Å². The molecule has 9 heteroatoms. The molecule has 128 valence electrons. The molecule has 0 saturated carbocycles. The number of aryl methyl sites for hydroxylation is 1. The van der Waals surface area contributed by atoms with E-state index in [9.17, 15) is 9.18 Å². The molecule has 2 heterocycles. The van der Waals surface area contributed by atoms with Crippen molar-refractivity contribution in [2.75, 3.05) is 5.73 Å². The molecule has 8 nitrogen and oxygen atoms in total. The average Bonchev–Trinajstić information content (AvgIpc) is 3.03. The molecular weight excluding hydrogens is 327 g/mol. The predicted octanol–water partition coefficient (Wildman–Crippen LogP) is 1.50.